The Bertz CT molecular complexity index is 99.6. The van der Waals surface area contributed by atoms with Crippen LogP contribution in [0.5, 0.6) is 0 Å². The van der Waals surface area contributed by atoms with Gasteiger partial charge in [-0.15, -0.1) is 11.6 Å². The minimum absolute atomic E-state index is 0.0463. The van der Waals surface area contributed by atoms with E-state index in [-0.39, 0.29) is 5.38 Å². The largest absolute Gasteiger partial charge is 0.113 e. The molecule has 0 rings (SSSR count). The van der Waals surface area contributed by atoms with E-state index >= 15 is 0 Å². The second-order valence-electron chi connectivity index (χ2n) is 2.06. The maximum Gasteiger partial charge on any atom is 0.0744 e. The van der Waals surface area contributed by atoms with Crippen LogP contribution in [0.2, 0.25) is 0 Å². The SMILES string of the molecule is C=C(C)C(Cl)C(=C)C. The predicted molar refractivity (Wildman–Crippen MR) is 39.3 cm³/mol. The summed E-state index contributed by atoms with van der Waals surface area (Å²) in [5.41, 5.74) is 1.92. The van der Waals surface area contributed by atoms with Gasteiger partial charge in [-0.2, -0.15) is 0 Å². The van der Waals surface area contributed by atoms with Crippen LogP contribution in [-0.2, 0) is 0 Å². The number of allylic oxidation sites excluding steroid dienone is 2. The zero-order valence-electron chi connectivity index (χ0n) is 5.37. The minimum Gasteiger partial charge on any atom is -0.113 e. The van der Waals surface area contributed by atoms with Crippen LogP contribution in [0, 0.1) is 0 Å². The van der Waals surface area contributed by atoms with Crippen molar-refractivity contribution in [2.45, 2.75) is 19.2 Å². The topological polar surface area (TPSA) is 0 Å². The Labute approximate surface area is 55.9 Å². The predicted octanol–water partition coefficient (Wildman–Crippen LogP) is 2.75. The molecule has 0 aliphatic rings. The molecule has 0 atom stereocenters. The Kier molecular flexibility index (Phi) is 2.85. The summed E-state index contributed by atoms with van der Waals surface area (Å²) in [7, 11) is 0. The van der Waals surface area contributed by atoms with Gasteiger partial charge in [-0.25, -0.2) is 0 Å². The lowest BCUT2D eigenvalue weighted by atomic mass is 10.1. The number of alkyl halides is 1. The average Bonchev–Trinajstić information content (AvgIpc) is 1.64. The van der Waals surface area contributed by atoms with E-state index in [0.717, 1.165) is 11.1 Å². The fourth-order valence-corrected chi connectivity index (χ4v) is 0.421. The average molecular weight is 131 g/mol. The van der Waals surface area contributed by atoms with E-state index < -0.39 is 0 Å². The molecular formula is C7H11Cl. The van der Waals surface area contributed by atoms with Crippen LogP contribution in [0.3, 0.4) is 0 Å². The van der Waals surface area contributed by atoms with Crippen molar-refractivity contribution in [3.05, 3.63) is 24.3 Å². The summed E-state index contributed by atoms with van der Waals surface area (Å²) in [5.74, 6) is 0. The van der Waals surface area contributed by atoms with Crippen LogP contribution in [0.4, 0.5) is 0 Å². The third kappa shape index (κ3) is 2.17. The van der Waals surface area contributed by atoms with Crippen LogP contribution >= 0.6 is 11.6 Å². The fourth-order valence-electron chi connectivity index (χ4n) is 0.421. The zero-order chi connectivity index (χ0) is 6.73. The third-order valence-corrected chi connectivity index (χ3v) is 1.61. The molecule has 0 unspecified atom stereocenters. The smallest absolute Gasteiger partial charge is 0.0744 e. The molecule has 0 nitrogen and oxygen atoms in total. The molecule has 0 aromatic carbocycles. The second-order valence-corrected chi connectivity index (χ2v) is 2.49. The van der Waals surface area contributed by atoms with Gasteiger partial charge in [0.1, 0.15) is 0 Å². The lowest BCUT2D eigenvalue weighted by Crippen LogP contribution is -1.98. The Morgan fingerprint density at radius 2 is 1.50 bits per heavy atom. The van der Waals surface area contributed by atoms with Gasteiger partial charge in [0, 0.05) is 0 Å². The molecule has 0 radical (unpaired) electrons. The van der Waals surface area contributed by atoms with E-state index in [2.05, 4.69) is 13.2 Å². The van der Waals surface area contributed by atoms with Crippen molar-refractivity contribution in [1.29, 1.82) is 0 Å². The highest BCUT2D eigenvalue weighted by Crippen LogP contribution is 2.13. The van der Waals surface area contributed by atoms with E-state index in [1.165, 1.54) is 0 Å². The molecule has 0 amide bonds. The minimum atomic E-state index is -0.0463. The van der Waals surface area contributed by atoms with Gasteiger partial charge in [-0.1, -0.05) is 24.3 Å². The summed E-state index contributed by atoms with van der Waals surface area (Å²) in [6.45, 7) is 11.2. The van der Waals surface area contributed by atoms with Gasteiger partial charge in [-0.3, -0.25) is 0 Å². The normalized spacial score (nSPS) is 9.50. The molecule has 0 fully saturated rings. The molecule has 0 N–H and O–H groups in total. The molecule has 0 aromatic heterocycles. The highest BCUT2D eigenvalue weighted by Gasteiger charge is 2.02. The molecule has 0 aromatic rings. The van der Waals surface area contributed by atoms with E-state index in [0.29, 0.717) is 0 Å². The van der Waals surface area contributed by atoms with Crippen molar-refractivity contribution in [1.82, 2.24) is 0 Å². The Balaban J connectivity index is 3.83. The van der Waals surface area contributed by atoms with Crippen molar-refractivity contribution in [2.24, 2.45) is 0 Å². The first-order valence-corrected chi connectivity index (χ1v) is 2.94. The van der Waals surface area contributed by atoms with Crippen LogP contribution in [0.1, 0.15) is 13.8 Å². The van der Waals surface area contributed by atoms with E-state index in [4.69, 9.17) is 11.6 Å². The maximum absolute atomic E-state index is 5.75. The van der Waals surface area contributed by atoms with Crippen LogP contribution < -0.4 is 0 Å². The highest BCUT2D eigenvalue weighted by molar-refractivity contribution is 6.24. The lowest BCUT2D eigenvalue weighted by molar-refractivity contribution is 1.13. The molecule has 8 heavy (non-hydrogen) atoms. The summed E-state index contributed by atoms with van der Waals surface area (Å²) < 4.78 is 0. The summed E-state index contributed by atoms with van der Waals surface area (Å²) >= 11 is 5.75. The lowest BCUT2D eigenvalue weighted by Gasteiger charge is -2.05. The number of rotatable bonds is 2. The van der Waals surface area contributed by atoms with Crippen molar-refractivity contribution in [2.75, 3.05) is 0 Å². The number of halogens is 1. The molecule has 0 aliphatic carbocycles. The van der Waals surface area contributed by atoms with Crippen molar-refractivity contribution in [3.8, 4) is 0 Å². The quantitative estimate of drug-likeness (QED) is 0.398. The summed E-state index contributed by atoms with van der Waals surface area (Å²) in [6.07, 6.45) is 0. The molecule has 0 heterocycles. The molecule has 0 bridgehead atoms. The molecule has 0 aliphatic heterocycles. The molecule has 0 saturated heterocycles. The summed E-state index contributed by atoms with van der Waals surface area (Å²) in [4.78, 5) is 0. The van der Waals surface area contributed by atoms with Crippen molar-refractivity contribution < 1.29 is 0 Å². The molecule has 0 spiro atoms. The second kappa shape index (κ2) is 2.93. The third-order valence-electron chi connectivity index (χ3n) is 0.865. The van der Waals surface area contributed by atoms with Gasteiger partial charge < -0.3 is 0 Å². The maximum atomic E-state index is 5.75. The van der Waals surface area contributed by atoms with Gasteiger partial charge in [-0.05, 0) is 13.8 Å². The number of hydrogen-bond acceptors (Lipinski definition) is 0. The van der Waals surface area contributed by atoms with E-state index in [1.807, 2.05) is 13.8 Å². The van der Waals surface area contributed by atoms with Gasteiger partial charge in [0.05, 0.1) is 5.38 Å². The van der Waals surface area contributed by atoms with Gasteiger partial charge in [0.2, 0.25) is 0 Å². The molecule has 1 heteroatoms. The standard InChI is InChI=1S/C7H11Cl/c1-5(2)7(8)6(3)4/h7H,1,3H2,2,4H3. The van der Waals surface area contributed by atoms with Crippen molar-refractivity contribution in [3.63, 3.8) is 0 Å². The molecule has 46 valence electrons. The summed E-state index contributed by atoms with van der Waals surface area (Å²) in [6, 6.07) is 0. The van der Waals surface area contributed by atoms with E-state index in [9.17, 15) is 0 Å². The van der Waals surface area contributed by atoms with E-state index in [1.54, 1.807) is 0 Å². The fraction of sp³-hybridized carbons (Fsp3) is 0.429. The Hall–Kier alpha value is -0.230. The van der Waals surface area contributed by atoms with Gasteiger partial charge >= 0.3 is 0 Å². The first-order valence-electron chi connectivity index (χ1n) is 2.50. The Morgan fingerprint density at radius 1 is 1.25 bits per heavy atom. The molecular weight excluding hydrogens is 120 g/mol. The van der Waals surface area contributed by atoms with Crippen LogP contribution in [0.15, 0.2) is 24.3 Å². The van der Waals surface area contributed by atoms with Gasteiger partial charge in [0.15, 0.2) is 0 Å². The number of hydrogen-bond donors (Lipinski definition) is 0. The van der Waals surface area contributed by atoms with Crippen LogP contribution in [-0.4, -0.2) is 5.38 Å². The van der Waals surface area contributed by atoms with Crippen LogP contribution in [0.25, 0.3) is 0 Å². The summed E-state index contributed by atoms with van der Waals surface area (Å²) in [5, 5.41) is -0.0463. The Morgan fingerprint density at radius 3 is 1.50 bits per heavy atom. The first-order chi connectivity index (χ1) is 3.55. The van der Waals surface area contributed by atoms with Crippen molar-refractivity contribution >= 4 is 11.6 Å². The first kappa shape index (κ1) is 7.77. The molecule has 0 saturated carbocycles. The monoisotopic (exact) mass is 130 g/mol. The van der Waals surface area contributed by atoms with Gasteiger partial charge in [0.25, 0.3) is 0 Å². The highest BCUT2D eigenvalue weighted by atomic mass is 35.5. The zero-order valence-corrected chi connectivity index (χ0v) is 6.13.